The van der Waals surface area contributed by atoms with Crippen LogP contribution in [0, 0.1) is 0 Å². The minimum atomic E-state index is -2.63. The third-order valence-electron chi connectivity index (χ3n) is 4.50. The van der Waals surface area contributed by atoms with Crippen molar-refractivity contribution in [3.8, 4) is 11.3 Å². The first kappa shape index (κ1) is 22.8. The van der Waals surface area contributed by atoms with Gasteiger partial charge in [-0.2, -0.15) is 8.78 Å². The van der Waals surface area contributed by atoms with Gasteiger partial charge in [-0.05, 0) is 25.0 Å². The van der Waals surface area contributed by atoms with Gasteiger partial charge < -0.3 is 10.6 Å². The van der Waals surface area contributed by atoms with E-state index in [0.29, 0.717) is 32.8 Å². The number of nitrogens with one attached hydrogen (secondary N) is 2. The number of thioether (sulfide) groups is 2. The molecule has 1 aromatic heterocycles. The van der Waals surface area contributed by atoms with Crippen molar-refractivity contribution in [3.63, 3.8) is 0 Å². The topological polar surface area (TPSA) is 71.1 Å². The van der Waals surface area contributed by atoms with Crippen LogP contribution in [0.1, 0.15) is 23.2 Å². The van der Waals surface area contributed by atoms with E-state index in [4.69, 9.17) is 0 Å². The zero-order valence-electron chi connectivity index (χ0n) is 16.7. The molecule has 1 heterocycles. The molecule has 1 aliphatic rings. The number of amides is 2. The van der Waals surface area contributed by atoms with Crippen LogP contribution in [0.3, 0.4) is 0 Å². The molecule has 0 radical (unpaired) electrons. The number of hydrogen-bond acceptors (Lipinski definition) is 6. The quantitative estimate of drug-likeness (QED) is 0.373. The summed E-state index contributed by atoms with van der Waals surface area (Å²) in [5.41, 5.74) is 1.56. The molecule has 0 spiro atoms. The van der Waals surface area contributed by atoms with Crippen LogP contribution >= 0.6 is 34.9 Å². The van der Waals surface area contributed by atoms with Gasteiger partial charge in [-0.3, -0.25) is 9.59 Å². The Kier molecular flexibility index (Phi) is 7.44. The summed E-state index contributed by atoms with van der Waals surface area (Å²) in [7, 11) is 0. The van der Waals surface area contributed by atoms with E-state index in [0.717, 1.165) is 18.4 Å². The standard InChI is InChI=1S/C22H19F2N3O2S3/c23-21(24)31-16-9-5-4-8-15(16)19(29)27-20-18(13-6-2-1-3-7-13)26-22(32-20)30-12-17(28)25-14-10-11-14/h1-9,14,21H,10-12H2,(H,25,28)(H,27,29). The summed E-state index contributed by atoms with van der Waals surface area (Å²) in [6.07, 6.45) is 2.04. The molecule has 0 aliphatic heterocycles. The molecule has 2 N–H and O–H groups in total. The summed E-state index contributed by atoms with van der Waals surface area (Å²) in [5.74, 6) is -2.92. The van der Waals surface area contributed by atoms with E-state index < -0.39 is 11.7 Å². The Bertz CT molecular complexity index is 1100. The van der Waals surface area contributed by atoms with E-state index in [2.05, 4.69) is 15.6 Å². The van der Waals surface area contributed by atoms with Gasteiger partial charge in [0.2, 0.25) is 5.91 Å². The molecule has 32 heavy (non-hydrogen) atoms. The Morgan fingerprint density at radius 2 is 1.81 bits per heavy atom. The van der Waals surface area contributed by atoms with Gasteiger partial charge in [-0.1, -0.05) is 77.3 Å². The number of carbonyl (C=O) groups is 2. The largest absolute Gasteiger partial charge is 0.353 e. The van der Waals surface area contributed by atoms with E-state index in [1.165, 1.54) is 35.2 Å². The minimum absolute atomic E-state index is 0.0440. The average molecular weight is 492 g/mol. The normalized spacial score (nSPS) is 13.2. The van der Waals surface area contributed by atoms with Crippen LogP contribution < -0.4 is 10.6 Å². The molecule has 4 rings (SSSR count). The van der Waals surface area contributed by atoms with Crippen LogP contribution in [0.15, 0.2) is 63.8 Å². The predicted molar refractivity (Wildman–Crippen MR) is 126 cm³/mol. The number of aromatic nitrogens is 1. The zero-order chi connectivity index (χ0) is 22.5. The molecule has 5 nitrogen and oxygen atoms in total. The molecule has 0 atom stereocenters. The fourth-order valence-corrected chi connectivity index (χ4v) is 5.39. The van der Waals surface area contributed by atoms with Gasteiger partial charge in [-0.25, -0.2) is 4.98 Å². The monoisotopic (exact) mass is 491 g/mol. The molecular weight excluding hydrogens is 472 g/mol. The lowest BCUT2D eigenvalue weighted by Gasteiger charge is -2.09. The molecule has 2 aromatic carbocycles. The van der Waals surface area contributed by atoms with Crippen LogP contribution in [-0.2, 0) is 4.79 Å². The number of benzene rings is 2. The molecule has 2 amide bonds. The Hall–Kier alpha value is -2.43. The van der Waals surface area contributed by atoms with E-state index >= 15 is 0 Å². The third kappa shape index (κ3) is 6.08. The van der Waals surface area contributed by atoms with Crippen molar-refractivity contribution in [3.05, 3.63) is 60.2 Å². The fraction of sp³-hybridized carbons (Fsp3) is 0.227. The number of thiazole rings is 1. The molecular formula is C22H19F2N3O2S3. The number of hydrogen-bond donors (Lipinski definition) is 2. The lowest BCUT2D eigenvalue weighted by atomic mass is 10.1. The second kappa shape index (κ2) is 10.5. The van der Waals surface area contributed by atoms with Crippen molar-refractivity contribution in [2.24, 2.45) is 0 Å². The van der Waals surface area contributed by atoms with Gasteiger partial charge in [0.25, 0.3) is 11.7 Å². The summed E-state index contributed by atoms with van der Waals surface area (Å²) in [5, 5.41) is 6.27. The first-order chi connectivity index (χ1) is 15.5. The first-order valence-corrected chi connectivity index (χ1v) is 12.5. The number of carbonyl (C=O) groups excluding carboxylic acids is 2. The molecule has 0 unspecified atom stereocenters. The summed E-state index contributed by atoms with van der Waals surface area (Å²) in [4.78, 5) is 29.8. The van der Waals surface area contributed by atoms with Gasteiger partial charge in [0.05, 0.1) is 11.3 Å². The van der Waals surface area contributed by atoms with Crippen LogP contribution in [0.5, 0.6) is 0 Å². The highest BCUT2D eigenvalue weighted by molar-refractivity contribution is 8.01. The predicted octanol–water partition coefficient (Wildman–Crippen LogP) is 5.75. The molecule has 1 saturated carbocycles. The van der Waals surface area contributed by atoms with E-state index in [1.807, 2.05) is 30.3 Å². The van der Waals surface area contributed by atoms with E-state index in [1.54, 1.807) is 12.1 Å². The molecule has 0 saturated heterocycles. The van der Waals surface area contributed by atoms with Crippen LogP contribution in [-0.4, -0.2) is 34.4 Å². The van der Waals surface area contributed by atoms with Gasteiger partial charge in [-0.15, -0.1) is 0 Å². The van der Waals surface area contributed by atoms with Gasteiger partial charge in [0.15, 0.2) is 4.34 Å². The van der Waals surface area contributed by atoms with Gasteiger partial charge in [0, 0.05) is 16.5 Å². The van der Waals surface area contributed by atoms with Crippen molar-refractivity contribution in [2.75, 3.05) is 11.1 Å². The Balaban J connectivity index is 1.56. The smallest absolute Gasteiger partial charge is 0.288 e. The SMILES string of the molecule is O=C(CSc1nc(-c2ccccc2)c(NC(=O)c2ccccc2SC(F)F)s1)NC1CC1. The number of nitrogens with zero attached hydrogens (tertiary/aromatic N) is 1. The molecule has 166 valence electrons. The number of alkyl halides is 2. The Morgan fingerprint density at radius 1 is 1.09 bits per heavy atom. The Labute approximate surface area is 196 Å². The lowest BCUT2D eigenvalue weighted by molar-refractivity contribution is -0.118. The van der Waals surface area contributed by atoms with Crippen molar-refractivity contribution in [1.82, 2.24) is 10.3 Å². The van der Waals surface area contributed by atoms with Gasteiger partial charge in [0.1, 0.15) is 10.7 Å². The second-order valence-corrected chi connectivity index (χ2v) is 10.2. The lowest BCUT2D eigenvalue weighted by Crippen LogP contribution is -2.26. The van der Waals surface area contributed by atoms with Crippen molar-refractivity contribution >= 4 is 51.7 Å². The zero-order valence-corrected chi connectivity index (χ0v) is 19.2. The summed E-state index contributed by atoms with van der Waals surface area (Å²) in [6.45, 7) is 0. The first-order valence-electron chi connectivity index (χ1n) is 9.83. The molecule has 10 heteroatoms. The third-order valence-corrected chi connectivity index (χ3v) is 7.40. The van der Waals surface area contributed by atoms with Gasteiger partial charge >= 0.3 is 0 Å². The number of rotatable bonds is 9. The maximum atomic E-state index is 12.9. The highest BCUT2D eigenvalue weighted by atomic mass is 32.2. The van der Waals surface area contributed by atoms with Crippen molar-refractivity contribution < 1.29 is 18.4 Å². The Morgan fingerprint density at radius 3 is 2.53 bits per heavy atom. The highest BCUT2D eigenvalue weighted by Crippen LogP contribution is 2.38. The highest BCUT2D eigenvalue weighted by Gasteiger charge is 2.24. The average Bonchev–Trinajstić information content (AvgIpc) is 3.50. The van der Waals surface area contributed by atoms with E-state index in [-0.39, 0.29) is 22.1 Å². The molecule has 1 aliphatic carbocycles. The van der Waals surface area contributed by atoms with Crippen molar-refractivity contribution in [1.29, 1.82) is 0 Å². The van der Waals surface area contributed by atoms with Crippen LogP contribution in [0.25, 0.3) is 11.3 Å². The van der Waals surface area contributed by atoms with Crippen LogP contribution in [0.4, 0.5) is 13.8 Å². The number of anilines is 1. The maximum absolute atomic E-state index is 12.9. The minimum Gasteiger partial charge on any atom is -0.353 e. The van der Waals surface area contributed by atoms with E-state index in [9.17, 15) is 18.4 Å². The molecule has 3 aromatic rings. The van der Waals surface area contributed by atoms with Crippen molar-refractivity contribution in [2.45, 2.75) is 33.9 Å². The fourth-order valence-electron chi connectivity index (χ4n) is 2.89. The summed E-state index contributed by atoms with van der Waals surface area (Å²) < 4.78 is 26.4. The summed E-state index contributed by atoms with van der Waals surface area (Å²) in [6, 6.07) is 15.9. The summed E-state index contributed by atoms with van der Waals surface area (Å²) >= 11 is 2.90. The maximum Gasteiger partial charge on any atom is 0.288 e. The van der Waals surface area contributed by atoms with Crippen LogP contribution in [0.2, 0.25) is 0 Å². The molecule has 1 fully saturated rings. The number of halogens is 2. The molecule has 0 bridgehead atoms. The second-order valence-electron chi connectivity index (χ2n) is 6.98.